The summed E-state index contributed by atoms with van der Waals surface area (Å²) in [5.74, 6) is 1.01. The average Bonchev–Trinajstić information content (AvgIpc) is 3.24. The molecule has 2 aromatic carbocycles. The van der Waals surface area contributed by atoms with Crippen molar-refractivity contribution in [1.29, 1.82) is 0 Å². The number of anilines is 2. The monoisotopic (exact) mass is 448 g/mol. The summed E-state index contributed by atoms with van der Waals surface area (Å²) >= 11 is -2.69. The van der Waals surface area contributed by atoms with Gasteiger partial charge in [0.25, 0.3) is 5.91 Å². The van der Waals surface area contributed by atoms with E-state index in [2.05, 4.69) is 10.3 Å². The van der Waals surface area contributed by atoms with Crippen molar-refractivity contribution in [3.8, 4) is 0 Å². The highest BCUT2D eigenvalue weighted by Gasteiger charge is 2.23. The second-order valence-corrected chi connectivity index (χ2v) is 8.06. The first-order chi connectivity index (χ1) is 15.5. The van der Waals surface area contributed by atoms with Gasteiger partial charge in [-0.1, -0.05) is 37.3 Å². The van der Waals surface area contributed by atoms with Gasteiger partial charge in [0.2, 0.25) is 0 Å². The van der Waals surface area contributed by atoms with E-state index in [0.29, 0.717) is 23.4 Å². The molecule has 0 spiro atoms. The molecule has 0 saturated carbocycles. The maximum absolute atomic E-state index is 13.2. The average molecular weight is 449 g/mol. The Balaban J connectivity index is 1.75. The van der Waals surface area contributed by atoms with Gasteiger partial charge in [-0.2, -0.15) is 0 Å². The van der Waals surface area contributed by atoms with Gasteiger partial charge in [0.1, 0.15) is 11.5 Å². The molecule has 2 atom stereocenters. The quantitative estimate of drug-likeness (QED) is 0.403. The van der Waals surface area contributed by atoms with E-state index in [1.54, 1.807) is 48.7 Å². The lowest BCUT2D eigenvalue weighted by molar-refractivity contribution is 0.0931. The van der Waals surface area contributed by atoms with Crippen molar-refractivity contribution in [2.45, 2.75) is 26.3 Å². The number of aryl methyl sites for hydroxylation is 1. The molecule has 4 rings (SSSR count). The number of amides is 1. The minimum atomic E-state index is -2.69. The molecule has 1 amide bonds. The van der Waals surface area contributed by atoms with Gasteiger partial charge in [0, 0.05) is 11.6 Å². The Hall–Kier alpha value is -3.49. The lowest BCUT2D eigenvalue weighted by Gasteiger charge is -2.29. The fraction of sp³-hybridized carbons (Fsp3) is 0.167. The Labute approximate surface area is 188 Å². The first-order valence-corrected chi connectivity index (χ1v) is 11.2. The topological polar surface area (TPSA) is 98.5 Å². The van der Waals surface area contributed by atoms with Crippen molar-refractivity contribution in [1.82, 2.24) is 10.3 Å². The molecule has 0 radical (unpaired) electrons. The third-order valence-corrected chi connectivity index (χ3v) is 5.86. The second-order valence-electron chi connectivity index (χ2n) is 7.26. The number of aromatic nitrogens is 1. The summed E-state index contributed by atoms with van der Waals surface area (Å²) in [6.07, 6.45) is 2.22. The molecule has 2 unspecified atom stereocenters. The maximum atomic E-state index is 13.2. The Morgan fingerprint density at radius 2 is 1.84 bits per heavy atom. The molecule has 0 aliphatic heterocycles. The van der Waals surface area contributed by atoms with E-state index in [0.717, 1.165) is 15.5 Å². The van der Waals surface area contributed by atoms with Crippen LogP contribution in [0.2, 0.25) is 0 Å². The Bertz CT molecular complexity index is 1280. The number of hydrogen-bond donors (Lipinski definition) is 1. The minimum Gasteiger partial charge on any atom is -0.755 e. The smallest absolute Gasteiger partial charge is 0.254 e. The third-order valence-electron chi connectivity index (χ3n) is 5.16. The number of hydrogen-bond acceptors (Lipinski definition) is 5. The molecule has 8 heteroatoms. The molecule has 7 nitrogen and oxygen atoms in total. The van der Waals surface area contributed by atoms with E-state index in [1.807, 2.05) is 38.1 Å². The predicted octanol–water partition coefficient (Wildman–Crippen LogP) is 4.95. The van der Waals surface area contributed by atoms with E-state index in [-0.39, 0.29) is 17.3 Å². The minimum absolute atomic E-state index is 0.228. The zero-order valence-corrected chi connectivity index (χ0v) is 18.5. The van der Waals surface area contributed by atoms with Crippen molar-refractivity contribution in [2.24, 2.45) is 0 Å². The van der Waals surface area contributed by atoms with Crippen LogP contribution in [0.15, 0.2) is 77.3 Å². The van der Waals surface area contributed by atoms with E-state index >= 15 is 0 Å². The van der Waals surface area contributed by atoms with Gasteiger partial charge in [0.05, 0.1) is 39.8 Å². The largest absolute Gasteiger partial charge is 0.755 e. The van der Waals surface area contributed by atoms with E-state index in [9.17, 15) is 13.6 Å². The van der Waals surface area contributed by atoms with Crippen LogP contribution in [-0.2, 0) is 11.3 Å². The zero-order chi connectivity index (χ0) is 22.7. The molecule has 0 saturated heterocycles. The van der Waals surface area contributed by atoms with Gasteiger partial charge in [0.15, 0.2) is 0 Å². The van der Waals surface area contributed by atoms with E-state index < -0.39 is 17.2 Å². The van der Waals surface area contributed by atoms with Gasteiger partial charge in [-0.15, -0.1) is 0 Å². The molecule has 164 valence electrons. The summed E-state index contributed by atoms with van der Waals surface area (Å²) in [7, 11) is 0. The molecule has 2 heterocycles. The van der Waals surface area contributed by atoms with E-state index in [4.69, 9.17) is 4.42 Å². The Morgan fingerprint density at radius 3 is 2.56 bits per heavy atom. The highest BCUT2D eigenvalue weighted by atomic mass is 32.2. The highest BCUT2D eigenvalue weighted by Crippen LogP contribution is 2.34. The van der Waals surface area contributed by atoms with Crippen LogP contribution in [0.3, 0.4) is 0 Å². The summed E-state index contributed by atoms with van der Waals surface area (Å²) < 4.78 is 31.5. The lowest BCUT2D eigenvalue weighted by Crippen LogP contribution is -2.30. The number of pyridine rings is 1. The number of carbonyl (C=O) groups excluding carboxylic acids is 1. The third kappa shape index (κ3) is 4.28. The van der Waals surface area contributed by atoms with Crippen LogP contribution in [0.4, 0.5) is 11.4 Å². The SMILES string of the molecule is CCC(NC(=O)c1ccccc1N(c1cccc2cccnc12)S(=O)[O-])c1ccc(C)o1. The van der Waals surface area contributed by atoms with Gasteiger partial charge in [-0.25, -0.2) is 0 Å². The van der Waals surface area contributed by atoms with Gasteiger partial charge >= 0.3 is 0 Å². The number of nitrogens with zero attached hydrogens (tertiary/aromatic N) is 2. The molecule has 4 aromatic rings. The number of para-hydroxylation sites is 2. The van der Waals surface area contributed by atoms with Crippen molar-refractivity contribution < 1.29 is 18.0 Å². The maximum Gasteiger partial charge on any atom is 0.254 e. The molecular weight excluding hydrogens is 426 g/mol. The molecule has 0 aliphatic carbocycles. The van der Waals surface area contributed by atoms with Crippen LogP contribution in [-0.4, -0.2) is 19.7 Å². The van der Waals surface area contributed by atoms with Gasteiger partial charge < -0.3 is 14.3 Å². The normalized spacial score (nSPS) is 13.0. The number of carbonyl (C=O) groups is 1. The summed E-state index contributed by atoms with van der Waals surface area (Å²) in [4.78, 5) is 17.6. The zero-order valence-electron chi connectivity index (χ0n) is 17.6. The van der Waals surface area contributed by atoms with Gasteiger partial charge in [-0.3, -0.25) is 18.3 Å². The first kappa shape index (κ1) is 21.7. The molecule has 0 aliphatic rings. The standard InChI is InChI=1S/C24H23N3O4S/c1-3-19(22-14-13-16(2)31-22)26-24(28)18-10-4-5-11-20(18)27(32(29)30)21-12-6-8-17-9-7-15-25-23(17)21/h4-15,19H,3H2,1-2H3,(H,26,28)(H,29,30)/p-1. The number of rotatable bonds is 7. The van der Waals surface area contributed by atoms with Crippen LogP contribution in [0, 0.1) is 6.92 Å². The molecule has 32 heavy (non-hydrogen) atoms. The number of benzene rings is 2. The number of furan rings is 1. The fourth-order valence-corrected chi connectivity index (χ4v) is 4.26. The predicted molar refractivity (Wildman–Crippen MR) is 123 cm³/mol. The Morgan fingerprint density at radius 1 is 1.09 bits per heavy atom. The lowest BCUT2D eigenvalue weighted by atomic mass is 10.1. The first-order valence-electron chi connectivity index (χ1n) is 10.2. The van der Waals surface area contributed by atoms with E-state index in [1.165, 1.54) is 0 Å². The van der Waals surface area contributed by atoms with Crippen LogP contribution in [0.25, 0.3) is 10.9 Å². The summed E-state index contributed by atoms with van der Waals surface area (Å²) in [6, 6.07) is 18.8. The van der Waals surface area contributed by atoms with Gasteiger partial charge in [-0.05, 0) is 49.7 Å². The molecule has 0 bridgehead atoms. The fourth-order valence-electron chi connectivity index (χ4n) is 3.64. The molecule has 2 aromatic heterocycles. The number of fused-ring (bicyclic) bond motifs is 1. The van der Waals surface area contributed by atoms with Crippen LogP contribution in [0.1, 0.15) is 41.3 Å². The van der Waals surface area contributed by atoms with Crippen molar-refractivity contribution in [3.63, 3.8) is 0 Å². The summed E-state index contributed by atoms with van der Waals surface area (Å²) in [5, 5.41) is 3.75. The summed E-state index contributed by atoms with van der Waals surface area (Å²) in [5.41, 5.74) is 1.35. The van der Waals surface area contributed by atoms with Crippen molar-refractivity contribution in [3.05, 3.63) is 90.0 Å². The van der Waals surface area contributed by atoms with Crippen molar-refractivity contribution in [2.75, 3.05) is 4.31 Å². The van der Waals surface area contributed by atoms with Crippen LogP contribution >= 0.6 is 0 Å². The second kappa shape index (κ2) is 9.33. The Kier molecular flexibility index (Phi) is 6.34. The molecule has 1 N–H and O–H groups in total. The highest BCUT2D eigenvalue weighted by molar-refractivity contribution is 7.81. The van der Waals surface area contributed by atoms with Crippen LogP contribution < -0.4 is 9.62 Å². The summed E-state index contributed by atoms with van der Waals surface area (Å²) in [6.45, 7) is 3.78. The molecule has 0 fully saturated rings. The number of nitrogens with one attached hydrogen (secondary N) is 1. The molecular formula is C24H22N3O4S-. The van der Waals surface area contributed by atoms with Crippen LogP contribution in [0.5, 0.6) is 0 Å². The van der Waals surface area contributed by atoms with Crippen molar-refractivity contribution >= 4 is 39.5 Å².